The molecule has 1 amide bonds. The Hall–Kier alpha value is -2.14. The van der Waals surface area contributed by atoms with Gasteiger partial charge in [0.05, 0.1) is 11.7 Å². The van der Waals surface area contributed by atoms with Crippen LogP contribution in [0.15, 0.2) is 41.0 Å². The van der Waals surface area contributed by atoms with Gasteiger partial charge < -0.3 is 9.32 Å². The smallest absolute Gasteiger partial charge is 0.239 e. The van der Waals surface area contributed by atoms with Gasteiger partial charge in [-0.1, -0.05) is 18.2 Å². The SMILES string of the molecule is CN(C)C(=O)[C@@H]1CCCN1Cc1coc(-c2ccccc2)n1. The number of rotatable bonds is 4. The number of aromatic nitrogens is 1. The van der Waals surface area contributed by atoms with Crippen molar-refractivity contribution in [3.8, 4) is 11.5 Å². The maximum Gasteiger partial charge on any atom is 0.239 e. The van der Waals surface area contributed by atoms with Crippen LogP contribution in [0.4, 0.5) is 0 Å². The molecule has 0 saturated carbocycles. The number of carbonyl (C=O) groups is 1. The predicted octanol–water partition coefficient (Wildman–Crippen LogP) is 2.39. The van der Waals surface area contributed by atoms with Gasteiger partial charge in [-0.3, -0.25) is 9.69 Å². The van der Waals surface area contributed by atoms with E-state index < -0.39 is 0 Å². The van der Waals surface area contributed by atoms with Gasteiger partial charge in [-0.2, -0.15) is 0 Å². The summed E-state index contributed by atoms with van der Waals surface area (Å²) >= 11 is 0. The first-order chi connectivity index (χ1) is 10.6. The Morgan fingerprint density at radius 2 is 2.14 bits per heavy atom. The van der Waals surface area contributed by atoms with Crippen LogP contribution in [0.25, 0.3) is 11.5 Å². The van der Waals surface area contributed by atoms with E-state index in [9.17, 15) is 4.79 Å². The lowest BCUT2D eigenvalue weighted by molar-refractivity contribution is -0.133. The maximum atomic E-state index is 12.2. The monoisotopic (exact) mass is 299 g/mol. The molecule has 0 spiro atoms. The highest BCUT2D eigenvalue weighted by molar-refractivity contribution is 5.81. The number of oxazole rings is 1. The Bertz CT molecular complexity index is 636. The molecule has 0 bridgehead atoms. The highest BCUT2D eigenvalue weighted by Gasteiger charge is 2.32. The zero-order valence-corrected chi connectivity index (χ0v) is 13.0. The van der Waals surface area contributed by atoms with Crippen molar-refractivity contribution in [2.75, 3.05) is 20.6 Å². The van der Waals surface area contributed by atoms with Gasteiger partial charge in [0.15, 0.2) is 0 Å². The lowest BCUT2D eigenvalue weighted by atomic mass is 10.2. The largest absolute Gasteiger partial charge is 0.444 e. The Balaban J connectivity index is 1.71. The molecule has 2 aromatic rings. The van der Waals surface area contributed by atoms with E-state index in [0.29, 0.717) is 12.4 Å². The van der Waals surface area contributed by atoms with Gasteiger partial charge >= 0.3 is 0 Å². The van der Waals surface area contributed by atoms with Crippen LogP contribution >= 0.6 is 0 Å². The zero-order chi connectivity index (χ0) is 15.5. The first-order valence-corrected chi connectivity index (χ1v) is 7.60. The van der Waals surface area contributed by atoms with Gasteiger partial charge in [0.2, 0.25) is 11.8 Å². The van der Waals surface area contributed by atoms with Crippen molar-refractivity contribution in [2.45, 2.75) is 25.4 Å². The molecule has 1 aliphatic rings. The minimum atomic E-state index is -0.0353. The van der Waals surface area contributed by atoms with Crippen LogP contribution in [-0.4, -0.2) is 47.4 Å². The summed E-state index contributed by atoms with van der Waals surface area (Å²) in [7, 11) is 3.62. The Morgan fingerprint density at radius 3 is 2.86 bits per heavy atom. The summed E-state index contributed by atoms with van der Waals surface area (Å²) in [4.78, 5) is 20.6. The molecule has 5 nitrogen and oxygen atoms in total. The van der Waals surface area contributed by atoms with Crippen LogP contribution in [-0.2, 0) is 11.3 Å². The summed E-state index contributed by atoms with van der Waals surface area (Å²) in [6, 6.07) is 9.81. The summed E-state index contributed by atoms with van der Waals surface area (Å²) < 4.78 is 5.57. The van der Waals surface area contributed by atoms with Crippen LogP contribution in [0.1, 0.15) is 18.5 Å². The molecule has 116 valence electrons. The molecule has 5 heteroatoms. The lowest BCUT2D eigenvalue weighted by Crippen LogP contribution is -2.42. The number of benzene rings is 1. The number of hydrogen-bond acceptors (Lipinski definition) is 4. The molecule has 0 N–H and O–H groups in total. The van der Waals surface area contributed by atoms with Crippen molar-refractivity contribution in [1.82, 2.24) is 14.8 Å². The zero-order valence-electron chi connectivity index (χ0n) is 13.0. The third-order valence-electron chi connectivity index (χ3n) is 4.03. The van der Waals surface area contributed by atoms with E-state index in [0.717, 1.165) is 30.6 Å². The fraction of sp³-hybridized carbons (Fsp3) is 0.412. The summed E-state index contributed by atoms with van der Waals surface area (Å²) in [5.41, 5.74) is 1.84. The van der Waals surface area contributed by atoms with Gasteiger partial charge in [0, 0.05) is 26.2 Å². The molecule has 0 radical (unpaired) electrons. The average Bonchev–Trinajstić information content (AvgIpc) is 3.17. The molecule has 2 heterocycles. The molecular formula is C17H21N3O2. The second-order valence-electron chi connectivity index (χ2n) is 5.87. The molecule has 1 fully saturated rings. The van der Waals surface area contributed by atoms with Crippen LogP contribution in [0.3, 0.4) is 0 Å². The first-order valence-electron chi connectivity index (χ1n) is 7.60. The third kappa shape index (κ3) is 3.04. The van der Waals surface area contributed by atoms with Crippen LogP contribution < -0.4 is 0 Å². The molecule has 1 saturated heterocycles. The van der Waals surface area contributed by atoms with Crippen molar-refractivity contribution in [3.05, 3.63) is 42.3 Å². The molecule has 1 aliphatic heterocycles. The number of nitrogens with zero attached hydrogens (tertiary/aromatic N) is 3. The van der Waals surface area contributed by atoms with Crippen molar-refractivity contribution >= 4 is 5.91 Å². The Morgan fingerprint density at radius 1 is 1.36 bits per heavy atom. The fourth-order valence-electron chi connectivity index (χ4n) is 2.89. The van der Waals surface area contributed by atoms with Gasteiger partial charge in [-0.15, -0.1) is 0 Å². The number of carbonyl (C=O) groups excluding carboxylic acids is 1. The highest BCUT2D eigenvalue weighted by atomic mass is 16.3. The van der Waals surface area contributed by atoms with Crippen LogP contribution in [0.5, 0.6) is 0 Å². The van der Waals surface area contributed by atoms with E-state index >= 15 is 0 Å². The third-order valence-corrected chi connectivity index (χ3v) is 4.03. The summed E-state index contributed by atoms with van der Waals surface area (Å²) in [5.74, 6) is 0.801. The molecular weight excluding hydrogens is 278 g/mol. The molecule has 1 aromatic heterocycles. The number of amides is 1. The predicted molar refractivity (Wildman–Crippen MR) is 84.1 cm³/mol. The molecule has 1 atom stereocenters. The van der Waals surface area contributed by atoms with Crippen LogP contribution in [0, 0.1) is 0 Å². The molecule has 0 aliphatic carbocycles. The van der Waals surface area contributed by atoms with Gasteiger partial charge in [-0.05, 0) is 31.5 Å². The molecule has 3 rings (SSSR count). The maximum absolute atomic E-state index is 12.2. The quantitative estimate of drug-likeness (QED) is 0.870. The number of likely N-dealkylation sites (tertiary alicyclic amines) is 1. The van der Waals surface area contributed by atoms with E-state index in [1.165, 1.54) is 0 Å². The highest BCUT2D eigenvalue weighted by Crippen LogP contribution is 2.23. The topological polar surface area (TPSA) is 49.6 Å². The Kier molecular flexibility index (Phi) is 4.24. The summed E-state index contributed by atoms with van der Waals surface area (Å²) in [6.07, 6.45) is 3.66. The van der Waals surface area contributed by atoms with Crippen molar-refractivity contribution < 1.29 is 9.21 Å². The minimum Gasteiger partial charge on any atom is -0.444 e. The van der Waals surface area contributed by atoms with E-state index in [1.54, 1.807) is 11.2 Å². The fourth-order valence-corrected chi connectivity index (χ4v) is 2.89. The first kappa shape index (κ1) is 14.8. The van der Waals surface area contributed by atoms with Crippen molar-refractivity contribution in [1.29, 1.82) is 0 Å². The van der Waals surface area contributed by atoms with E-state index in [2.05, 4.69) is 9.88 Å². The van der Waals surface area contributed by atoms with E-state index in [1.807, 2.05) is 44.4 Å². The van der Waals surface area contributed by atoms with Gasteiger partial charge in [0.1, 0.15) is 6.26 Å². The second-order valence-corrected chi connectivity index (χ2v) is 5.87. The molecule has 0 unspecified atom stereocenters. The lowest BCUT2D eigenvalue weighted by Gasteiger charge is -2.25. The average molecular weight is 299 g/mol. The molecule has 1 aromatic carbocycles. The minimum absolute atomic E-state index is 0.0353. The van der Waals surface area contributed by atoms with E-state index in [4.69, 9.17) is 4.42 Å². The number of hydrogen-bond donors (Lipinski definition) is 0. The Labute approximate surface area is 130 Å². The van der Waals surface area contributed by atoms with Crippen LogP contribution in [0.2, 0.25) is 0 Å². The van der Waals surface area contributed by atoms with Crippen molar-refractivity contribution in [3.63, 3.8) is 0 Å². The van der Waals surface area contributed by atoms with Gasteiger partial charge in [0.25, 0.3) is 0 Å². The second kappa shape index (κ2) is 6.32. The molecule has 22 heavy (non-hydrogen) atoms. The summed E-state index contributed by atoms with van der Waals surface area (Å²) in [5, 5.41) is 0. The van der Waals surface area contributed by atoms with E-state index in [-0.39, 0.29) is 11.9 Å². The summed E-state index contributed by atoms with van der Waals surface area (Å²) in [6.45, 7) is 1.58. The van der Waals surface area contributed by atoms with Gasteiger partial charge in [-0.25, -0.2) is 4.98 Å². The number of likely N-dealkylation sites (N-methyl/N-ethyl adjacent to an activating group) is 1. The standard InChI is InChI=1S/C17H21N3O2/c1-19(2)17(21)15-9-6-10-20(15)11-14-12-22-16(18-14)13-7-4-3-5-8-13/h3-5,7-8,12,15H,6,9-11H2,1-2H3/t15-/m0/s1. The van der Waals surface area contributed by atoms with Crippen molar-refractivity contribution in [2.24, 2.45) is 0 Å². The normalized spacial score (nSPS) is 18.5.